The first-order valence-corrected chi connectivity index (χ1v) is 8.92. The number of sulfonamides is 1. The highest BCUT2D eigenvalue weighted by atomic mass is 32.2. The first kappa shape index (κ1) is 15.7. The molecule has 5 nitrogen and oxygen atoms in total. The fraction of sp³-hybridized carbons (Fsp3) is 0.294. The van der Waals surface area contributed by atoms with E-state index in [0.29, 0.717) is 18.0 Å². The molecule has 1 heterocycles. The van der Waals surface area contributed by atoms with Gasteiger partial charge in [-0.05, 0) is 55.3 Å². The molecule has 0 saturated carbocycles. The van der Waals surface area contributed by atoms with Crippen molar-refractivity contribution in [2.75, 3.05) is 29.8 Å². The molecule has 0 saturated heterocycles. The summed E-state index contributed by atoms with van der Waals surface area (Å²) >= 11 is 0. The fourth-order valence-corrected chi connectivity index (χ4v) is 3.81. The molecule has 0 unspecified atom stereocenters. The van der Waals surface area contributed by atoms with Gasteiger partial charge in [-0.2, -0.15) is 0 Å². The highest BCUT2D eigenvalue weighted by Crippen LogP contribution is 2.33. The van der Waals surface area contributed by atoms with Gasteiger partial charge in [0.05, 0.1) is 17.1 Å². The monoisotopic (exact) mass is 332 g/mol. The van der Waals surface area contributed by atoms with Gasteiger partial charge in [0.25, 0.3) is 10.0 Å². The molecular weight excluding hydrogens is 312 g/mol. The van der Waals surface area contributed by atoms with Crippen molar-refractivity contribution in [2.45, 2.75) is 18.7 Å². The highest BCUT2D eigenvalue weighted by Gasteiger charge is 2.21. The number of likely N-dealkylation sites (N-methyl/N-ethyl adjacent to an activating group) is 1. The summed E-state index contributed by atoms with van der Waals surface area (Å²) in [6.45, 7) is 5.23. The molecule has 3 rings (SSSR count). The minimum atomic E-state index is -3.64. The van der Waals surface area contributed by atoms with Gasteiger partial charge < -0.3 is 9.64 Å². The van der Waals surface area contributed by atoms with Crippen LogP contribution in [0.5, 0.6) is 5.75 Å². The lowest BCUT2D eigenvalue weighted by Crippen LogP contribution is -2.29. The average molecular weight is 332 g/mol. The number of nitrogens with zero attached hydrogens (tertiary/aromatic N) is 1. The zero-order chi connectivity index (χ0) is 16.6. The number of rotatable bonds is 3. The van der Waals surface area contributed by atoms with Crippen LogP contribution in [-0.2, 0) is 10.0 Å². The molecule has 1 aliphatic heterocycles. The van der Waals surface area contributed by atoms with Crippen molar-refractivity contribution in [3.63, 3.8) is 0 Å². The van der Waals surface area contributed by atoms with E-state index in [1.165, 1.54) is 0 Å². The van der Waals surface area contributed by atoms with E-state index in [9.17, 15) is 8.42 Å². The van der Waals surface area contributed by atoms with Gasteiger partial charge in [-0.1, -0.05) is 6.07 Å². The molecule has 1 aliphatic rings. The minimum absolute atomic E-state index is 0.229. The van der Waals surface area contributed by atoms with E-state index in [2.05, 4.69) is 4.72 Å². The van der Waals surface area contributed by atoms with Crippen LogP contribution in [-0.4, -0.2) is 28.6 Å². The van der Waals surface area contributed by atoms with Crippen molar-refractivity contribution in [1.82, 2.24) is 0 Å². The number of hydrogen-bond donors (Lipinski definition) is 1. The van der Waals surface area contributed by atoms with Gasteiger partial charge in [-0.3, -0.25) is 4.72 Å². The SMILES string of the molecule is Cc1cc(C)cc(NS(=O)(=O)c2ccc3c(c2)N(C)CCO3)c1. The van der Waals surface area contributed by atoms with E-state index in [1.54, 1.807) is 18.2 Å². The Morgan fingerprint density at radius 2 is 1.78 bits per heavy atom. The minimum Gasteiger partial charge on any atom is -0.490 e. The molecule has 0 spiro atoms. The molecule has 122 valence electrons. The molecular formula is C17H20N2O3S. The molecule has 0 bridgehead atoms. The van der Waals surface area contributed by atoms with Crippen LogP contribution >= 0.6 is 0 Å². The van der Waals surface area contributed by atoms with Crippen LogP contribution in [0.15, 0.2) is 41.3 Å². The topological polar surface area (TPSA) is 58.6 Å². The summed E-state index contributed by atoms with van der Waals surface area (Å²) in [7, 11) is -1.71. The number of benzene rings is 2. The maximum Gasteiger partial charge on any atom is 0.261 e. The molecule has 0 radical (unpaired) electrons. The van der Waals surface area contributed by atoms with Crippen LogP contribution < -0.4 is 14.4 Å². The van der Waals surface area contributed by atoms with Crippen LogP contribution in [0.25, 0.3) is 0 Å². The lowest BCUT2D eigenvalue weighted by Gasteiger charge is -2.28. The first-order valence-electron chi connectivity index (χ1n) is 7.44. The summed E-state index contributed by atoms with van der Waals surface area (Å²) in [6.07, 6.45) is 0. The van der Waals surface area contributed by atoms with Crippen molar-refractivity contribution in [3.05, 3.63) is 47.5 Å². The maximum atomic E-state index is 12.6. The number of hydrogen-bond acceptors (Lipinski definition) is 4. The van der Waals surface area contributed by atoms with Crippen LogP contribution in [0, 0.1) is 13.8 Å². The summed E-state index contributed by atoms with van der Waals surface area (Å²) in [4.78, 5) is 2.22. The van der Waals surface area contributed by atoms with E-state index in [-0.39, 0.29) is 4.90 Å². The molecule has 23 heavy (non-hydrogen) atoms. The van der Waals surface area contributed by atoms with Crippen molar-refractivity contribution in [3.8, 4) is 5.75 Å². The number of aryl methyl sites for hydroxylation is 2. The quantitative estimate of drug-likeness (QED) is 0.939. The predicted octanol–water partition coefficient (Wildman–Crippen LogP) is 2.93. The molecule has 0 fully saturated rings. The molecule has 0 amide bonds. The van der Waals surface area contributed by atoms with Gasteiger partial charge in [-0.15, -0.1) is 0 Å². The molecule has 0 aliphatic carbocycles. The number of anilines is 2. The Morgan fingerprint density at radius 1 is 1.09 bits per heavy atom. The van der Waals surface area contributed by atoms with E-state index >= 15 is 0 Å². The van der Waals surface area contributed by atoms with Gasteiger partial charge in [0, 0.05) is 12.7 Å². The fourth-order valence-electron chi connectivity index (χ4n) is 2.75. The molecule has 1 N–H and O–H groups in total. The van der Waals surface area contributed by atoms with Gasteiger partial charge in [0.2, 0.25) is 0 Å². The van der Waals surface area contributed by atoms with Crippen LogP contribution in [0.3, 0.4) is 0 Å². The Morgan fingerprint density at radius 3 is 2.48 bits per heavy atom. The average Bonchev–Trinajstić information content (AvgIpc) is 2.45. The molecule has 2 aromatic rings. The molecule has 2 aromatic carbocycles. The molecule has 0 atom stereocenters. The normalized spacial score (nSPS) is 14.1. The summed E-state index contributed by atoms with van der Waals surface area (Å²) < 4.78 is 33.5. The van der Waals surface area contributed by atoms with E-state index in [0.717, 1.165) is 23.4 Å². The second-order valence-corrected chi connectivity index (χ2v) is 7.56. The van der Waals surface area contributed by atoms with Crippen molar-refractivity contribution >= 4 is 21.4 Å². The third-order valence-electron chi connectivity index (χ3n) is 3.81. The zero-order valence-electron chi connectivity index (χ0n) is 13.5. The summed E-state index contributed by atoms with van der Waals surface area (Å²) in [5, 5.41) is 0. The maximum absolute atomic E-state index is 12.6. The number of ether oxygens (including phenoxy) is 1. The summed E-state index contributed by atoms with van der Waals surface area (Å²) in [6, 6.07) is 10.6. The number of nitrogens with one attached hydrogen (secondary N) is 1. The van der Waals surface area contributed by atoms with E-state index < -0.39 is 10.0 Å². The van der Waals surface area contributed by atoms with Gasteiger partial charge in [0.1, 0.15) is 12.4 Å². The van der Waals surface area contributed by atoms with E-state index in [1.807, 2.05) is 44.0 Å². The Labute approximate surface area is 136 Å². The zero-order valence-corrected chi connectivity index (χ0v) is 14.3. The van der Waals surface area contributed by atoms with Gasteiger partial charge in [0.15, 0.2) is 0 Å². The van der Waals surface area contributed by atoms with Crippen LogP contribution in [0.2, 0.25) is 0 Å². The predicted molar refractivity (Wildman–Crippen MR) is 91.9 cm³/mol. The van der Waals surface area contributed by atoms with Crippen molar-refractivity contribution in [2.24, 2.45) is 0 Å². The Kier molecular flexibility index (Phi) is 3.93. The number of fused-ring (bicyclic) bond motifs is 1. The standard InChI is InChI=1S/C17H20N2O3S/c1-12-8-13(2)10-14(9-12)18-23(20,21)15-4-5-17-16(11-15)19(3)6-7-22-17/h4-5,8-11,18H,6-7H2,1-3H3. The Hall–Kier alpha value is -2.21. The third-order valence-corrected chi connectivity index (χ3v) is 5.19. The lowest BCUT2D eigenvalue weighted by atomic mass is 10.1. The smallest absolute Gasteiger partial charge is 0.261 e. The molecule has 0 aromatic heterocycles. The van der Waals surface area contributed by atoms with Crippen LogP contribution in [0.4, 0.5) is 11.4 Å². The summed E-state index contributed by atoms with van der Waals surface area (Å²) in [5.41, 5.74) is 3.40. The van der Waals surface area contributed by atoms with Crippen LogP contribution in [0.1, 0.15) is 11.1 Å². The van der Waals surface area contributed by atoms with Gasteiger partial charge >= 0.3 is 0 Å². The highest BCUT2D eigenvalue weighted by molar-refractivity contribution is 7.92. The lowest BCUT2D eigenvalue weighted by molar-refractivity contribution is 0.311. The van der Waals surface area contributed by atoms with Crippen molar-refractivity contribution < 1.29 is 13.2 Å². The Balaban J connectivity index is 1.95. The second-order valence-electron chi connectivity index (χ2n) is 5.88. The first-order chi connectivity index (χ1) is 10.8. The van der Waals surface area contributed by atoms with E-state index in [4.69, 9.17) is 4.74 Å². The van der Waals surface area contributed by atoms with Crippen molar-refractivity contribution in [1.29, 1.82) is 0 Å². The van der Waals surface area contributed by atoms with Gasteiger partial charge in [-0.25, -0.2) is 8.42 Å². The summed E-state index contributed by atoms with van der Waals surface area (Å²) in [5.74, 6) is 0.712. The Bertz CT molecular complexity index is 827. The molecule has 6 heteroatoms. The second kappa shape index (κ2) is 5.77. The third kappa shape index (κ3) is 3.27. The largest absolute Gasteiger partial charge is 0.490 e.